The van der Waals surface area contributed by atoms with Crippen molar-refractivity contribution in [2.45, 2.75) is 33.6 Å². The summed E-state index contributed by atoms with van der Waals surface area (Å²) in [5, 5.41) is 2.80. The molecule has 0 aliphatic rings. The number of carbonyl (C=O) groups excluding carboxylic acids is 3. The summed E-state index contributed by atoms with van der Waals surface area (Å²) in [5.74, 6) is -0.780. The standard InChI is InChI=1S/C21H25N3O4/c1-4-28-18-8-6-5-7-16(18)21(27)24-23-20(26)12-11-19(25)22-17-13-14(2)9-10-15(17)3/h5-10,13H,4,11-12H2,1-3H3,(H,22,25)(H,23,26)(H,24,27). The third-order valence-corrected chi connectivity index (χ3v) is 3.99. The van der Waals surface area contributed by atoms with Crippen molar-refractivity contribution in [1.82, 2.24) is 10.9 Å². The molecule has 0 aliphatic heterocycles. The lowest BCUT2D eigenvalue weighted by atomic mass is 10.1. The van der Waals surface area contributed by atoms with Gasteiger partial charge in [0, 0.05) is 18.5 Å². The second-order valence-electron chi connectivity index (χ2n) is 6.30. The van der Waals surface area contributed by atoms with Gasteiger partial charge in [-0.25, -0.2) is 0 Å². The third-order valence-electron chi connectivity index (χ3n) is 3.99. The number of amides is 3. The minimum Gasteiger partial charge on any atom is -0.493 e. The number of benzene rings is 2. The molecule has 3 N–H and O–H groups in total. The number of aryl methyl sites for hydroxylation is 2. The lowest BCUT2D eigenvalue weighted by molar-refractivity contribution is -0.124. The number of nitrogens with one attached hydrogen (secondary N) is 3. The fourth-order valence-electron chi connectivity index (χ4n) is 2.50. The predicted molar refractivity (Wildman–Crippen MR) is 107 cm³/mol. The van der Waals surface area contributed by atoms with E-state index >= 15 is 0 Å². The summed E-state index contributed by atoms with van der Waals surface area (Å²) in [6.45, 7) is 6.08. The van der Waals surface area contributed by atoms with E-state index < -0.39 is 11.8 Å². The average molecular weight is 383 g/mol. The second kappa shape index (κ2) is 10.1. The molecule has 0 aliphatic carbocycles. The van der Waals surface area contributed by atoms with Crippen molar-refractivity contribution >= 4 is 23.4 Å². The Morgan fingerprint density at radius 2 is 1.64 bits per heavy atom. The van der Waals surface area contributed by atoms with Crippen LogP contribution in [0.5, 0.6) is 5.75 Å². The second-order valence-corrected chi connectivity index (χ2v) is 6.30. The van der Waals surface area contributed by atoms with Crippen LogP contribution >= 0.6 is 0 Å². The van der Waals surface area contributed by atoms with Crippen molar-refractivity contribution in [3.8, 4) is 5.75 Å². The fourth-order valence-corrected chi connectivity index (χ4v) is 2.50. The van der Waals surface area contributed by atoms with Crippen LogP contribution in [0.4, 0.5) is 5.69 Å². The van der Waals surface area contributed by atoms with Crippen LogP contribution in [-0.2, 0) is 9.59 Å². The van der Waals surface area contributed by atoms with Crippen LogP contribution in [0, 0.1) is 13.8 Å². The Kier molecular flexibility index (Phi) is 7.56. The Balaban J connectivity index is 1.80. The smallest absolute Gasteiger partial charge is 0.273 e. The molecule has 0 saturated heterocycles. The van der Waals surface area contributed by atoms with Crippen LogP contribution in [0.25, 0.3) is 0 Å². The van der Waals surface area contributed by atoms with E-state index in [1.54, 1.807) is 24.3 Å². The highest BCUT2D eigenvalue weighted by Crippen LogP contribution is 2.18. The summed E-state index contributed by atoms with van der Waals surface area (Å²) in [7, 11) is 0. The quantitative estimate of drug-likeness (QED) is 0.641. The van der Waals surface area contributed by atoms with Crippen molar-refractivity contribution < 1.29 is 19.1 Å². The highest BCUT2D eigenvalue weighted by Gasteiger charge is 2.13. The maximum atomic E-state index is 12.2. The average Bonchev–Trinajstić information content (AvgIpc) is 2.68. The molecule has 3 amide bonds. The van der Waals surface area contributed by atoms with Crippen molar-refractivity contribution in [1.29, 1.82) is 0 Å². The Morgan fingerprint density at radius 1 is 0.929 bits per heavy atom. The number of ether oxygens (including phenoxy) is 1. The molecule has 148 valence electrons. The van der Waals surface area contributed by atoms with Gasteiger partial charge in [-0.15, -0.1) is 0 Å². The van der Waals surface area contributed by atoms with E-state index in [1.807, 2.05) is 39.0 Å². The van der Waals surface area contributed by atoms with Gasteiger partial charge in [0.2, 0.25) is 11.8 Å². The van der Waals surface area contributed by atoms with Gasteiger partial charge in [0.25, 0.3) is 5.91 Å². The Bertz CT molecular complexity index is 864. The number of carbonyl (C=O) groups is 3. The molecule has 2 aromatic carbocycles. The number of hydrazine groups is 1. The van der Waals surface area contributed by atoms with Crippen molar-refractivity contribution in [2.75, 3.05) is 11.9 Å². The van der Waals surface area contributed by atoms with E-state index in [9.17, 15) is 14.4 Å². The van der Waals surface area contributed by atoms with E-state index in [2.05, 4.69) is 16.2 Å². The molecule has 28 heavy (non-hydrogen) atoms. The van der Waals surface area contributed by atoms with Gasteiger partial charge in [0.05, 0.1) is 12.2 Å². The monoisotopic (exact) mass is 383 g/mol. The molecule has 0 atom stereocenters. The molecular weight excluding hydrogens is 358 g/mol. The summed E-state index contributed by atoms with van der Waals surface area (Å²) < 4.78 is 5.39. The van der Waals surface area contributed by atoms with Crippen molar-refractivity contribution in [3.63, 3.8) is 0 Å². The first-order valence-electron chi connectivity index (χ1n) is 9.08. The van der Waals surface area contributed by atoms with Gasteiger partial charge in [0.1, 0.15) is 5.75 Å². The molecule has 7 nitrogen and oxygen atoms in total. The van der Waals surface area contributed by atoms with Gasteiger partial charge >= 0.3 is 0 Å². The Morgan fingerprint density at radius 3 is 2.39 bits per heavy atom. The number of rotatable bonds is 7. The molecule has 0 saturated carbocycles. The lowest BCUT2D eigenvalue weighted by Crippen LogP contribution is -2.42. The van der Waals surface area contributed by atoms with Gasteiger partial charge in [-0.3, -0.25) is 25.2 Å². The normalized spacial score (nSPS) is 10.1. The number of anilines is 1. The summed E-state index contributed by atoms with van der Waals surface area (Å²) in [4.78, 5) is 36.2. The van der Waals surface area contributed by atoms with Crippen LogP contribution in [0.2, 0.25) is 0 Å². The Labute approximate surface area is 164 Å². The van der Waals surface area contributed by atoms with Crippen molar-refractivity contribution in [2.24, 2.45) is 0 Å². The summed E-state index contributed by atoms with van der Waals surface area (Å²) in [6, 6.07) is 12.5. The zero-order chi connectivity index (χ0) is 20.5. The maximum Gasteiger partial charge on any atom is 0.273 e. The first-order chi connectivity index (χ1) is 13.4. The molecule has 7 heteroatoms. The zero-order valence-corrected chi connectivity index (χ0v) is 16.3. The van der Waals surface area contributed by atoms with Gasteiger partial charge in [-0.05, 0) is 50.1 Å². The molecule has 0 spiro atoms. The highest BCUT2D eigenvalue weighted by molar-refractivity contribution is 5.98. The molecule has 0 aromatic heterocycles. The largest absolute Gasteiger partial charge is 0.493 e. The summed E-state index contributed by atoms with van der Waals surface area (Å²) in [5.41, 5.74) is 7.68. The molecule has 2 rings (SSSR count). The first-order valence-corrected chi connectivity index (χ1v) is 9.08. The van der Waals surface area contributed by atoms with Gasteiger partial charge in [0.15, 0.2) is 0 Å². The summed E-state index contributed by atoms with van der Waals surface area (Å²) in [6.07, 6.45) is -0.0469. The molecule has 0 heterocycles. The molecule has 0 fully saturated rings. The minimum absolute atomic E-state index is 0.00458. The Hall–Kier alpha value is -3.35. The van der Waals surface area contributed by atoms with E-state index in [0.29, 0.717) is 17.9 Å². The lowest BCUT2D eigenvalue weighted by Gasteiger charge is -2.11. The molecular formula is C21H25N3O4. The zero-order valence-electron chi connectivity index (χ0n) is 16.3. The molecule has 2 aromatic rings. The van der Waals surface area contributed by atoms with Crippen LogP contribution in [0.1, 0.15) is 41.3 Å². The number of hydrogen-bond acceptors (Lipinski definition) is 4. The molecule has 0 unspecified atom stereocenters. The summed E-state index contributed by atoms with van der Waals surface area (Å²) >= 11 is 0. The van der Waals surface area contributed by atoms with Gasteiger partial charge in [-0.1, -0.05) is 24.3 Å². The van der Waals surface area contributed by atoms with Crippen LogP contribution in [-0.4, -0.2) is 24.3 Å². The van der Waals surface area contributed by atoms with E-state index in [1.165, 1.54) is 0 Å². The molecule has 0 bridgehead atoms. The fraction of sp³-hybridized carbons (Fsp3) is 0.286. The van der Waals surface area contributed by atoms with Crippen LogP contribution in [0.3, 0.4) is 0 Å². The third kappa shape index (κ3) is 6.12. The van der Waals surface area contributed by atoms with Crippen LogP contribution < -0.4 is 20.9 Å². The number of para-hydroxylation sites is 1. The highest BCUT2D eigenvalue weighted by atomic mass is 16.5. The van der Waals surface area contributed by atoms with Crippen LogP contribution in [0.15, 0.2) is 42.5 Å². The molecule has 0 radical (unpaired) electrons. The van der Waals surface area contributed by atoms with E-state index in [4.69, 9.17) is 4.74 Å². The SMILES string of the molecule is CCOc1ccccc1C(=O)NNC(=O)CCC(=O)Nc1cc(C)ccc1C. The van der Waals surface area contributed by atoms with Gasteiger partial charge in [-0.2, -0.15) is 0 Å². The van der Waals surface area contributed by atoms with Gasteiger partial charge < -0.3 is 10.1 Å². The van der Waals surface area contributed by atoms with E-state index in [-0.39, 0.29) is 18.7 Å². The number of hydrogen-bond donors (Lipinski definition) is 3. The maximum absolute atomic E-state index is 12.2. The van der Waals surface area contributed by atoms with Crippen molar-refractivity contribution in [3.05, 3.63) is 59.2 Å². The topological polar surface area (TPSA) is 96.5 Å². The van der Waals surface area contributed by atoms with E-state index in [0.717, 1.165) is 16.8 Å². The minimum atomic E-state index is -0.489. The predicted octanol–water partition coefficient (Wildman–Crippen LogP) is 2.88. The first kappa shape index (κ1) is 21.0.